The topological polar surface area (TPSA) is 83.3 Å². The highest BCUT2D eigenvalue weighted by molar-refractivity contribution is 14.0. The summed E-state index contributed by atoms with van der Waals surface area (Å²) in [5.74, 6) is 1.72. The van der Waals surface area contributed by atoms with Gasteiger partial charge in [-0.15, -0.1) is 24.0 Å². The molecule has 3 N–H and O–H groups in total. The van der Waals surface area contributed by atoms with Gasteiger partial charge in [-0.2, -0.15) is 0 Å². The number of hydrogen-bond donors (Lipinski definition) is 3. The van der Waals surface area contributed by atoms with Crippen LogP contribution in [0.1, 0.15) is 35.1 Å². The number of nitrogens with one attached hydrogen (secondary N) is 3. The summed E-state index contributed by atoms with van der Waals surface area (Å²) in [4.78, 5) is 20.9. The Bertz CT molecular complexity index is 1030. The summed E-state index contributed by atoms with van der Waals surface area (Å²) in [5, 5.41) is 9.48. The number of carbonyl (C=O) groups excluding carboxylic acids is 1. The van der Waals surface area contributed by atoms with Crippen molar-refractivity contribution >= 4 is 46.9 Å². The van der Waals surface area contributed by atoms with Gasteiger partial charge in [0.15, 0.2) is 5.96 Å². The second-order valence-corrected chi connectivity index (χ2v) is 7.07. The van der Waals surface area contributed by atoms with E-state index in [0.717, 1.165) is 42.4 Å². The number of imidazole rings is 1. The highest BCUT2D eigenvalue weighted by atomic mass is 127. The van der Waals surface area contributed by atoms with Crippen molar-refractivity contribution in [3.05, 3.63) is 65.5 Å². The monoisotopic (exact) mass is 534 g/mol. The van der Waals surface area contributed by atoms with Crippen molar-refractivity contribution in [2.75, 3.05) is 20.1 Å². The summed E-state index contributed by atoms with van der Waals surface area (Å²) in [6, 6.07) is 15.8. The molecule has 0 aliphatic rings. The van der Waals surface area contributed by atoms with Gasteiger partial charge in [0, 0.05) is 38.8 Å². The predicted octanol–water partition coefficient (Wildman–Crippen LogP) is 3.47. The van der Waals surface area contributed by atoms with Gasteiger partial charge in [0.25, 0.3) is 5.91 Å². The maximum Gasteiger partial charge on any atom is 0.251 e. The smallest absolute Gasteiger partial charge is 0.251 e. The number of nitrogens with zero attached hydrogens (tertiary/aromatic N) is 3. The zero-order chi connectivity index (χ0) is 21.3. The maximum atomic E-state index is 12.0. The molecule has 1 aromatic heterocycles. The third-order valence-corrected chi connectivity index (χ3v) is 4.91. The Labute approximate surface area is 200 Å². The maximum absolute atomic E-state index is 12.0. The first-order chi connectivity index (χ1) is 14.6. The van der Waals surface area contributed by atoms with Gasteiger partial charge >= 0.3 is 0 Å². The van der Waals surface area contributed by atoms with Crippen LogP contribution in [0.3, 0.4) is 0 Å². The number of aromatic nitrogens is 2. The van der Waals surface area contributed by atoms with E-state index in [2.05, 4.69) is 36.6 Å². The molecule has 8 heteroatoms. The van der Waals surface area contributed by atoms with E-state index in [4.69, 9.17) is 0 Å². The first-order valence-electron chi connectivity index (χ1n) is 10.4. The zero-order valence-electron chi connectivity index (χ0n) is 18.3. The van der Waals surface area contributed by atoms with E-state index in [-0.39, 0.29) is 29.9 Å². The first kappa shape index (κ1) is 24.6. The number of rotatable bonds is 8. The molecule has 3 rings (SSSR count). The van der Waals surface area contributed by atoms with Crippen molar-refractivity contribution in [3.63, 3.8) is 0 Å². The third kappa shape index (κ3) is 6.68. The Morgan fingerprint density at radius 1 is 1.10 bits per heavy atom. The number of aryl methyl sites for hydroxylation is 2. The zero-order valence-corrected chi connectivity index (χ0v) is 20.6. The highest BCUT2D eigenvalue weighted by Gasteiger charge is 2.07. The molecule has 0 bridgehead atoms. The van der Waals surface area contributed by atoms with Gasteiger partial charge in [-0.3, -0.25) is 9.79 Å². The second-order valence-electron chi connectivity index (χ2n) is 7.07. The van der Waals surface area contributed by atoms with Crippen LogP contribution in [0.4, 0.5) is 0 Å². The van der Waals surface area contributed by atoms with Crippen LogP contribution in [0.25, 0.3) is 11.0 Å². The number of benzene rings is 2. The summed E-state index contributed by atoms with van der Waals surface area (Å²) in [7, 11) is 1.76. The number of para-hydroxylation sites is 2. The molecule has 0 saturated heterocycles. The molecule has 3 aromatic rings. The molecular formula is C23H31IN6O. The van der Waals surface area contributed by atoms with E-state index in [0.29, 0.717) is 18.7 Å². The van der Waals surface area contributed by atoms with Gasteiger partial charge in [0.05, 0.1) is 11.0 Å². The standard InChI is InChI=1S/C23H30N6O.HI/c1-4-25-22(30)19-10-7-9-18(15-19)16-27-23(24-3)26-13-8-14-29-17(2)28-20-11-5-6-12-21(20)29;/h5-7,9-12,15H,4,8,13-14,16H2,1-3H3,(H,25,30)(H2,24,26,27);1H. The molecule has 0 radical (unpaired) electrons. The summed E-state index contributed by atoms with van der Waals surface area (Å²) in [6.07, 6.45) is 0.953. The van der Waals surface area contributed by atoms with Gasteiger partial charge in [-0.05, 0) is 50.1 Å². The van der Waals surface area contributed by atoms with E-state index < -0.39 is 0 Å². The van der Waals surface area contributed by atoms with Crippen LogP contribution in [-0.2, 0) is 13.1 Å². The van der Waals surface area contributed by atoms with E-state index >= 15 is 0 Å². The summed E-state index contributed by atoms with van der Waals surface area (Å²) >= 11 is 0. The van der Waals surface area contributed by atoms with Crippen molar-refractivity contribution < 1.29 is 4.79 Å². The number of carbonyl (C=O) groups is 1. The average molecular weight is 534 g/mol. The Morgan fingerprint density at radius 3 is 2.68 bits per heavy atom. The van der Waals surface area contributed by atoms with E-state index in [1.165, 1.54) is 5.52 Å². The van der Waals surface area contributed by atoms with Gasteiger partial charge in [0.2, 0.25) is 0 Å². The molecule has 1 amide bonds. The molecule has 0 aliphatic heterocycles. The van der Waals surface area contributed by atoms with Crippen molar-refractivity contribution in [2.45, 2.75) is 33.4 Å². The Hall–Kier alpha value is -2.62. The minimum Gasteiger partial charge on any atom is -0.356 e. The van der Waals surface area contributed by atoms with E-state index in [1.54, 1.807) is 7.05 Å². The van der Waals surface area contributed by atoms with E-state index in [9.17, 15) is 4.79 Å². The molecule has 0 unspecified atom stereocenters. The molecular weight excluding hydrogens is 503 g/mol. The molecule has 0 atom stereocenters. The fraction of sp³-hybridized carbons (Fsp3) is 0.348. The summed E-state index contributed by atoms with van der Waals surface area (Å²) in [6.45, 7) is 6.86. The largest absolute Gasteiger partial charge is 0.356 e. The second kappa shape index (κ2) is 12.3. The third-order valence-electron chi connectivity index (χ3n) is 4.91. The number of guanidine groups is 1. The minimum absolute atomic E-state index is 0. The number of amides is 1. The molecule has 1 heterocycles. The van der Waals surface area contributed by atoms with Crippen molar-refractivity contribution in [1.29, 1.82) is 0 Å². The number of aliphatic imine (C=N–C) groups is 1. The van der Waals surface area contributed by atoms with Crippen molar-refractivity contribution in [1.82, 2.24) is 25.5 Å². The molecule has 0 fully saturated rings. The normalized spacial score (nSPS) is 11.1. The lowest BCUT2D eigenvalue weighted by atomic mass is 10.1. The Balaban J connectivity index is 0.00000341. The van der Waals surface area contributed by atoms with E-state index in [1.807, 2.05) is 56.3 Å². The minimum atomic E-state index is -0.0517. The van der Waals surface area contributed by atoms with Crippen molar-refractivity contribution in [2.24, 2.45) is 4.99 Å². The number of halogens is 1. The number of hydrogen-bond acceptors (Lipinski definition) is 3. The predicted molar refractivity (Wildman–Crippen MR) is 137 cm³/mol. The van der Waals surface area contributed by atoms with Gasteiger partial charge in [-0.25, -0.2) is 4.98 Å². The highest BCUT2D eigenvalue weighted by Crippen LogP contribution is 2.15. The van der Waals surface area contributed by atoms with Crippen LogP contribution in [-0.4, -0.2) is 41.6 Å². The lowest BCUT2D eigenvalue weighted by Crippen LogP contribution is -2.37. The molecule has 166 valence electrons. The fourth-order valence-corrected chi connectivity index (χ4v) is 3.41. The van der Waals surface area contributed by atoms with Crippen molar-refractivity contribution in [3.8, 4) is 0 Å². The molecule has 31 heavy (non-hydrogen) atoms. The lowest BCUT2D eigenvalue weighted by Gasteiger charge is -2.13. The summed E-state index contributed by atoms with van der Waals surface area (Å²) in [5.41, 5.74) is 3.91. The first-order valence-corrected chi connectivity index (χ1v) is 10.4. The van der Waals surface area contributed by atoms with Crippen LogP contribution < -0.4 is 16.0 Å². The quantitative estimate of drug-likeness (QED) is 0.179. The van der Waals surface area contributed by atoms with Crippen LogP contribution in [0.2, 0.25) is 0 Å². The van der Waals surface area contributed by atoms with Crippen LogP contribution in [0, 0.1) is 6.92 Å². The summed E-state index contributed by atoms with van der Waals surface area (Å²) < 4.78 is 2.25. The van der Waals surface area contributed by atoms with Gasteiger partial charge in [0.1, 0.15) is 5.82 Å². The molecule has 0 spiro atoms. The van der Waals surface area contributed by atoms with Crippen LogP contribution >= 0.6 is 24.0 Å². The van der Waals surface area contributed by atoms with Crippen LogP contribution in [0.15, 0.2) is 53.5 Å². The Morgan fingerprint density at radius 2 is 1.90 bits per heavy atom. The molecule has 0 aliphatic carbocycles. The molecule has 2 aromatic carbocycles. The van der Waals surface area contributed by atoms with Gasteiger partial charge < -0.3 is 20.5 Å². The SMILES string of the molecule is CCNC(=O)c1cccc(CNC(=NC)NCCCn2c(C)nc3ccccc32)c1.I. The Kier molecular flexibility index (Phi) is 9.77. The molecule has 0 saturated carbocycles. The fourth-order valence-electron chi connectivity index (χ4n) is 3.41. The molecule has 7 nitrogen and oxygen atoms in total. The average Bonchev–Trinajstić information content (AvgIpc) is 3.08. The number of fused-ring (bicyclic) bond motifs is 1. The van der Waals surface area contributed by atoms with Crippen LogP contribution in [0.5, 0.6) is 0 Å². The van der Waals surface area contributed by atoms with Gasteiger partial charge in [-0.1, -0.05) is 24.3 Å². The lowest BCUT2D eigenvalue weighted by molar-refractivity contribution is 0.0955.